The first-order valence-electron chi connectivity index (χ1n) is 9.55. The first-order valence-corrected chi connectivity index (χ1v) is 9.55. The summed E-state index contributed by atoms with van der Waals surface area (Å²) in [5, 5.41) is 16.5. The SMILES string of the molecule is CCNC(=NCc1ccc(C)cc1OCC)NCC1(CO)CCOCC1. The minimum absolute atomic E-state index is 0.130. The van der Waals surface area contributed by atoms with Gasteiger partial charge in [0, 0.05) is 37.3 Å². The van der Waals surface area contributed by atoms with Crippen LogP contribution in [0.15, 0.2) is 23.2 Å². The molecule has 1 aliphatic rings. The smallest absolute Gasteiger partial charge is 0.191 e. The number of aryl methyl sites for hydroxylation is 1. The average molecular weight is 364 g/mol. The molecule has 0 radical (unpaired) electrons. The van der Waals surface area contributed by atoms with Gasteiger partial charge in [-0.15, -0.1) is 0 Å². The van der Waals surface area contributed by atoms with Crippen molar-refractivity contribution in [1.29, 1.82) is 0 Å². The van der Waals surface area contributed by atoms with Gasteiger partial charge in [-0.1, -0.05) is 12.1 Å². The molecule has 1 heterocycles. The molecule has 0 bridgehead atoms. The van der Waals surface area contributed by atoms with Crippen molar-refractivity contribution in [1.82, 2.24) is 10.6 Å². The van der Waals surface area contributed by atoms with Gasteiger partial charge >= 0.3 is 0 Å². The van der Waals surface area contributed by atoms with E-state index in [9.17, 15) is 5.11 Å². The van der Waals surface area contributed by atoms with Crippen molar-refractivity contribution in [2.24, 2.45) is 10.4 Å². The molecule has 1 aromatic carbocycles. The number of hydrogen-bond donors (Lipinski definition) is 3. The van der Waals surface area contributed by atoms with Gasteiger partial charge in [0.1, 0.15) is 5.75 Å². The maximum Gasteiger partial charge on any atom is 0.191 e. The van der Waals surface area contributed by atoms with E-state index in [2.05, 4.69) is 35.8 Å². The highest BCUT2D eigenvalue weighted by Gasteiger charge is 2.32. The van der Waals surface area contributed by atoms with E-state index in [4.69, 9.17) is 14.5 Å². The van der Waals surface area contributed by atoms with Gasteiger partial charge in [0.25, 0.3) is 0 Å². The van der Waals surface area contributed by atoms with Gasteiger partial charge in [-0.2, -0.15) is 0 Å². The number of benzene rings is 1. The van der Waals surface area contributed by atoms with Crippen LogP contribution in [-0.4, -0.2) is 50.6 Å². The molecule has 6 heteroatoms. The molecule has 0 aromatic heterocycles. The highest BCUT2D eigenvalue weighted by Crippen LogP contribution is 2.29. The van der Waals surface area contributed by atoms with E-state index in [1.165, 1.54) is 5.56 Å². The zero-order chi connectivity index (χ0) is 18.8. The molecule has 146 valence electrons. The van der Waals surface area contributed by atoms with Crippen LogP contribution in [0.25, 0.3) is 0 Å². The van der Waals surface area contributed by atoms with Crippen LogP contribution in [0, 0.1) is 12.3 Å². The number of nitrogens with zero attached hydrogens (tertiary/aromatic N) is 1. The van der Waals surface area contributed by atoms with E-state index in [1.807, 2.05) is 13.8 Å². The van der Waals surface area contributed by atoms with Crippen LogP contribution in [0.1, 0.15) is 37.8 Å². The van der Waals surface area contributed by atoms with E-state index >= 15 is 0 Å². The second kappa shape index (κ2) is 10.4. The van der Waals surface area contributed by atoms with Gasteiger partial charge in [0.15, 0.2) is 5.96 Å². The van der Waals surface area contributed by atoms with Crippen molar-refractivity contribution in [2.45, 2.75) is 40.2 Å². The Morgan fingerprint density at radius 1 is 1.27 bits per heavy atom. The maximum atomic E-state index is 9.84. The molecular weight excluding hydrogens is 330 g/mol. The van der Waals surface area contributed by atoms with Crippen molar-refractivity contribution >= 4 is 5.96 Å². The largest absolute Gasteiger partial charge is 0.494 e. The molecule has 0 aliphatic carbocycles. The predicted octanol–water partition coefficient (Wildman–Crippen LogP) is 2.24. The summed E-state index contributed by atoms with van der Waals surface area (Å²) < 4.78 is 11.2. The first kappa shape index (κ1) is 20.5. The molecule has 0 saturated carbocycles. The fraction of sp³-hybridized carbons (Fsp3) is 0.650. The Bertz CT molecular complexity index is 584. The average Bonchev–Trinajstić information content (AvgIpc) is 2.66. The van der Waals surface area contributed by atoms with Crippen LogP contribution in [-0.2, 0) is 11.3 Å². The van der Waals surface area contributed by atoms with Crippen LogP contribution < -0.4 is 15.4 Å². The molecule has 0 spiro atoms. The van der Waals surface area contributed by atoms with E-state index in [0.717, 1.165) is 36.7 Å². The fourth-order valence-corrected chi connectivity index (χ4v) is 3.05. The number of rotatable bonds is 8. The van der Waals surface area contributed by atoms with Crippen LogP contribution >= 0.6 is 0 Å². The maximum absolute atomic E-state index is 9.84. The molecule has 0 unspecified atom stereocenters. The van der Waals surface area contributed by atoms with Crippen LogP contribution in [0.2, 0.25) is 0 Å². The molecule has 26 heavy (non-hydrogen) atoms. The lowest BCUT2D eigenvalue weighted by atomic mass is 9.81. The summed E-state index contributed by atoms with van der Waals surface area (Å²) in [5.74, 6) is 1.65. The monoisotopic (exact) mass is 363 g/mol. The molecule has 2 rings (SSSR count). The number of ether oxygens (including phenoxy) is 2. The molecule has 0 atom stereocenters. The number of hydrogen-bond acceptors (Lipinski definition) is 4. The summed E-state index contributed by atoms with van der Waals surface area (Å²) in [6.07, 6.45) is 1.73. The normalized spacial score (nSPS) is 17.0. The zero-order valence-electron chi connectivity index (χ0n) is 16.3. The number of guanidine groups is 1. The third kappa shape index (κ3) is 5.88. The Kier molecular flexibility index (Phi) is 8.19. The van der Waals surface area contributed by atoms with Gasteiger partial charge < -0.3 is 25.2 Å². The van der Waals surface area contributed by atoms with Gasteiger partial charge in [-0.25, -0.2) is 4.99 Å². The molecular formula is C20H33N3O3. The molecule has 1 aromatic rings. The number of aliphatic hydroxyl groups excluding tert-OH is 1. The predicted molar refractivity (Wildman–Crippen MR) is 105 cm³/mol. The summed E-state index contributed by atoms with van der Waals surface area (Å²) in [4.78, 5) is 4.71. The summed E-state index contributed by atoms with van der Waals surface area (Å²) in [5.41, 5.74) is 2.11. The second-order valence-electron chi connectivity index (χ2n) is 6.86. The van der Waals surface area contributed by atoms with Crippen LogP contribution in [0.3, 0.4) is 0 Å². The van der Waals surface area contributed by atoms with Crippen molar-refractivity contribution in [3.8, 4) is 5.75 Å². The van der Waals surface area contributed by atoms with Crippen molar-refractivity contribution in [3.63, 3.8) is 0 Å². The second-order valence-corrected chi connectivity index (χ2v) is 6.86. The Hall–Kier alpha value is -1.79. The van der Waals surface area contributed by atoms with E-state index in [-0.39, 0.29) is 12.0 Å². The summed E-state index contributed by atoms with van der Waals surface area (Å²) >= 11 is 0. The van der Waals surface area contributed by atoms with E-state index in [0.29, 0.717) is 32.9 Å². The quantitative estimate of drug-likeness (QED) is 0.488. The number of aliphatic imine (C=N–C) groups is 1. The molecule has 1 aliphatic heterocycles. The summed E-state index contributed by atoms with van der Waals surface area (Å²) in [7, 11) is 0. The molecule has 3 N–H and O–H groups in total. The third-order valence-corrected chi connectivity index (χ3v) is 4.79. The zero-order valence-corrected chi connectivity index (χ0v) is 16.3. The van der Waals surface area contributed by atoms with Crippen molar-refractivity contribution in [2.75, 3.05) is 39.5 Å². The Morgan fingerprint density at radius 2 is 2.04 bits per heavy atom. The summed E-state index contributed by atoms with van der Waals surface area (Å²) in [6, 6.07) is 6.20. The van der Waals surface area contributed by atoms with Crippen molar-refractivity contribution < 1.29 is 14.6 Å². The van der Waals surface area contributed by atoms with Gasteiger partial charge in [-0.05, 0) is 45.2 Å². The van der Waals surface area contributed by atoms with Gasteiger partial charge in [-0.3, -0.25) is 0 Å². The lowest BCUT2D eigenvalue weighted by molar-refractivity contribution is -0.0131. The number of nitrogens with one attached hydrogen (secondary N) is 2. The topological polar surface area (TPSA) is 75.1 Å². The molecule has 1 saturated heterocycles. The molecule has 6 nitrogen and oxygen atoms in total. The molecule has 0 amide bonds. The summed E-state index contributed by atoms with van der Waals surface area (Å²) in [6.45, 7) is 10.3. The lowest BCUT2D eigenvalue weighted by Crippen LogP contribution is -2.47. The van der Waals surface area contributed by atoms with Crippen molar-refractivity contribution in [3.05, 3.63) is 29.3 Å². The first-order chi connectivity index (χ1) is 12.6. The fourth-order valence-electron chi connectivity index (χ4n) is 3.05. The van der Waals surface area contributed by atoms with Crippen LogP contribution in [0.5, 0.6) is 5.75 Å². The van der Waals surface area contributed by atoms with E-state index in [1.54, 1.807) is 0 Å². The third-order valence-electron chi connectivity index (χ3n) is 4.79. The molecule has 1 fully saturated rings. The minimum Gasteiger partial charge on any atom is -0.494 e. The highest BCUT2D eigenvalue weighted by molar-refractivity contribution is 5.79. The van der Waals surface area contributed by atoms with Gasteiger partial charge in [0.05, 0.1) is 19.8 Å². The van der Waals surface area contributed by atoms with E-state index < -0.39 is 0 Å². The standard InChI is InChI=1S/C20H33N3O3/c1-4-21-19(23-14-20(15-24)8-10-25-11-9-20)22-13-17-7-6-16(3)12-18(17)26-5-2/h6-7,12,24H,4-5,8-11,13-15H2,1-3H3,(H2,21,22,23). The van der Waals surface area contributed by atoms with Gasteiger partial charge in [0.2, 0.25) is 0 Å². The van der Waals surface area contributed by atoms with Crippen LogP contribution in [0.4, 0.5) is 0 Å². The Labute approximate surface area is 157 Å². The Morgan fingerprint density at radius 3 is 2.69 bits per heavy atom. The Balaban J connectivity index is 2.04. The minimum atomic E-state index is -0.130. The highest BCUT2D eigenvalue weighted by atomic mass is 16.5. The lowest BCUT2D eigenvalue weighted by Gasteiger charge is -2.36. The number of aliphatic hydroxyl groups is 1.